The molecule has 0 aliphatic rings. The van der Waals surface area contributed by atoms with Gasteiger partial charge in [-0.15, -0.1) is 11.3 Å². The molecule has 0 saturated carbocycles. The number of fused-ring (bicyclic) bond motifs is 11. The van der Waals surface area contributed by atoms with Gasteiger partial charge in [0.15, 0.2) is 0 Å². The molecule has 0 bridgehead atoms. The third kappa shape index (κ3) is 3.33. The van der Waals surface area contributed by atoms with Gasteiger partial charge in [-0.2, -0.15) is 15.8 Å². The van der Waals surface area contributed by atoms with Crippen molar-refractivity contribution in [2.75, 3.05) is 0 Å². The monoisotopic (exact) mass is 589 g/mol. The van der Waals surface area contributed by atoms with Gasteiger partial charge in [0.05, 0.1) is 50.5 Å². The van der Waals surface area contributed by atoms with E-state index in [1.807, 2.05) is 28.8 Å². The first-order valence-electron chi connectivity index (χ1n) is 14.5. The van der Waals surface area contributed by atoms with Crippen molar-refractivity contribution in [1.82, 2.24) is 9.13 Å². The smallest absolute Gasteiger partial charge is 0.101 e. The second-order valence-corrected chi connectivity index (χ2v) is 12.1. The maximum absolute atomic E-state index is 10.2. The minimum atomic E-state index is 0.290. The lowest BCUT2D eigenvalue weighted by molar-refractivity contribution is 1.15. The van der Waals surface area contributed by atoms with Crippen molar-refractivity contribution < 1.29 is 0 Å². The fourth-order valence-electron chi connectivity index (χ4n) is 7.00. The van der Waals surface area contributed by atoms with Gasteiger partial charge >= 0.3 is 0 Å². The molecule has 45 heavy (non-hydrogen) atoms. The number of hydrogen-bond donors (Lipinski definition) is 0. The van der Waals surface area contributed by atoms with Crippen LogP contribution < -0.4 is 0 Å². The Labute approximate surface area is 260 Å². The number of nitrogens with zero attached hydrogens (tertiary/aromatic N) is 5. The molecule has 9 aromatic rings. The molecule has 0 amide bonds. The average Bonchev–Trinajstić information content (AvgIpc) is 3.75. The standard InChI is InChI=1S/C39H19N5S/c40-20-23-18-24(21-41)37(25(19-23)22-42)44-32-13-7-5-11-30(32)36-34(44)17-15-28-27-14-16-33-35(38(27)45-39(28)36)29-10-4-6-12-31(29)43(33)26-8-2-1-3-9-26/h1-19H. The Morgan fingerprint density at radius 2 is 0.978 bits per heavy atom. The number of hydrogen-bond acceptors (Lipinski definition) is 4. The summed E-state index contributed by atoms with van der Waals surface area (Å²) in [6, 6.07) is 45.7. The van der Waals surface area contributed by atoms with Crippen LogP contribution in [0.1, 0.15) is 16.7 Å². The molecule has 0 aliphatic carbocycles. The van der Waals surface area contributed by atoms with Crippen molar-refractivity contribution in [1.29, 1.82) is 15.8 Å². The number of nitriles is 3. The molecular formula is C39H19N5S. The second-order valence-electron chi connectivity index (χ2n) is 11.1. The molecule has 6 heteroatoms. The van der Waals surface area contributed by atoms with Crippen molar-refractivity contribution in [3.8, 4) is 29.6 Å². The quantitative estimate of drug-likeness (QED) is 0.201. The van der Waals surface area contributed by atoms with E-state index in [2.05, 4.69) is 102 Å². The first kappa shape index (κ1) is 25.1. The Bertz CT molecular complexity index is 2810. The Morgan fingerprint density at radius 1 is 0.467 bits per heavy atom. The van der Waals surface area contributed by atoms with Crippen molar-refractivity contribution in [3.05, 3.63) is 132 Å². The van der Waals surface area contributed by atoms with Gasteiger partial charge in [0, 0.05) is 47.4 Å². The van der Waals surface area contributed by atoms with E-state index >= 15 is 0 Å². The van der Waals surface area contributed by atoms with Gasteiger partial charge in [0.1, 0.15) is 12.1 Å². The van der Waals surface area contributed by atoms with E-state index in [-0.39, 0.29) is 5.56 Å². The van der Waals surface area contributed by atoms with E-state index in [0.29, 0.717) is 16.8 Å². The maximum atomic E-state index is 10.2. The lowest BCUT2D eigenvalue weighted by Crippen LogP contribution is -2.02. The van der Waals surface area contributed by atoms with E-state index in [4.69, 9.17) is 0 Å². The highest BCUT2D eigenvalue weighted by atomic mass is 32.1. The lowest BCUT2D eigenvalue weighted by Gasteiger charge is -2.12. The normalized spacial score (nSPS) is 11.5. The maximum Gasteiger partial charge on any atom is 0.101 e. The number of aromatic nitrogens is 2. The van der Waals surface area contributed by atoms with Gasteiger partial charge in [-0.1, -0.05) is 66.7 Å². The summed E-state index contributed by atoms with van der Waals surface area (Å²) < 4.78 is 6.75. The minimum Gasteiger partial charge on any atom is -0.309 e. The average molecular weight is 590 g/mol. The fraction of sp³-hybridized carbons (Fsp3) is 0. The summed E-state index contributed by atoms with van der Waals surface area (Å²) in [6.07, 6.45) is 0. The van der Waals surface area contributed by atoms with Crippen molar-refractivity contribution >= 4 is 75.1 Å². The SMILES string of the molecule is N#Cc1cc(C#N)c(-n2c3ccccc3c3c4sc5c(ccc6c5c5ccccc5n6-c5ccccc5)c4ccc32)c(C#N)c1. The summed E-state index contributed by atoms with van der Waals surface area (Å²) in [5, 5.41) is 36.8. The molecule has 206 valence electrons. The Morgan fingerprint density at radius 3 is 1.53 bits per heavy atom. The molecule has 0 N–H and O–H groups in total. The van der Waals surface area contributed by atoms with E-state index < -0.39 is 0 Å². The lowest BCUT2D eigenvalue weighted by atomic mass is 10.0. The van der Waals surface area contributed by atoms with Gasteiger partial charge in [0.25, 0.3) is 0 Å². The fourth-order valence-corrected chi connectivity index (χ4v) is 8.42. The molecule has 0 spiro atoms. The molecule has 5 nitrogen and oxygen atoms in total. The van der Waals surface area contributed by atoms with Crippen molar-refractivity contribution in [3.63, 3.8) is 0 Å². The molecule has 0 fully saturated rings. The molecule has 0 radical (unpaired) electrons. The first-order valence-corrected chi connectivity index (χ1v) is 15.3. The van der Waals surface area contributed by atoms with Gasteiger partial charge < -0.3 is 9.13 Å². The van der Waals surface area contributed by atoms with E-state index in [9.17, 15) is 15.8 Å². The highest BCUT2D eigenvalue weighted by molar-refractivity contribution is 7.27. The van der Waals surface area contributed by atoms with Crippen LogP contribution in [0.3, 0.4) is 0 Å². The molecule has 0 unspecified atom stereocenters. The van der Waals surface area contributed by atoms with Crippen LogP contribution in [0.2, 0.25) is 0 Å². The zero-order valence-electron chi connectivity index (χ0n) is 23.6. The zero-order valence-corrected chi connectivity index (χ0v) is 24.4. The van der Waals surface area contributed by atoms with Crippen molar-refractivity contribution in [2.45, 2.75) is 0 Å². The number of para-hydroxylation sites is 3. The third-order valence-corrected chi connectivity index (χ3v) is 10.1. The van der Waals surface area contributed by atoms with E-state index in [1.165, 1.54) is 31.8 Å². The van der Waals surface area contributed by atoms with Crippen LogP contribution in [0.5, 0.6) is 0 Å². The molecule has 3 heterocycles. The molecule has 6 aromatic carbocycles. The first-order chi connectivity index (χ1) is 22.2. The number of benzene rings is 6. The molecule has 0 saturated heterocycles. The summed E-state index contributed by atoms with van der Waals surface area (Å²) in [4.78, 5) is 0. The van der Waals surface area contributed by atoms with Gasteiger partial charge in [-0.05, 0) is 48.5 Å². The van der Waals surface area contributed by atoms with Crippen LogP contribution in [-0.2, 0) is 0 Å². The van der Waals surface area contributed by atoms with Crippen molar-refractivity contribution in [2.24, 2.45) is 0 Å². The van der Waals surface area contributed by atoms with Crippen LogP contribution in [-0.4, -0.2) is 9.13 Å². The molecule has 0 atom stereocenters. The number of rotatable bonds is 2. The number of thiophene rings is 1. The molecule has 3 aromatic heterocycles. The van der Waals surface area contributed by atoms with Crippen LogP contribution >= 0.6 is 11.3 Å². The zero-order chi connectivity index (χ0) is 30.2. The Balaban J connectivity index is 1.45. The predicted molar refractivity (Wildman–Crippen MR) is 182 cm³/mol. The molecule has 9 rings (SSSR count). The van der Waals surface area contributed by atoms with Crippen LogP contribution in [0, 0.1) is 34.0 Å². The van der Waals surface area contributed by atoms with Crippen LogP contribution in [0.15, 0.2) is 115 Å². The van der Waals surface area contributed by atoms with Gasteiger partial charge in [-0.25, -0.2) is 0 Å². The summed E-state index contributed by atoms with van der Waals surface area (Å²) in [7, 11) is 0. The Hall–Kier alpha value is -6.39. The highest BCUT2D eigenvalue weighted by Gasteiger charge is 2.23. The van der Waals surface area contributed by atoms with E-state index in [0.717, 1.165) is 37.7 Å². The predicted octanol–water partition coefficient (Wildman–Crippen LogP) is 9.86. The van der Waals surface area contributed by atoms with Gasteiger partial charge in [0.2, 0.25) is 0 Å². The molecular weight excluding hydrogens is 571 g/mol. The Kier molecular flexibility index (Phi) is 5.20. The summed E-state index contributed by atoms with van der Waals surface area (Å²) in [5.74, 6) is 0. The van der Waals surface area contributed by atoms with Crippen LogP contribution in [0.25, 0.3) is 75.2 Å². The van der Waals surface area contributed by atoms with Crippen LogP contribution in [0.4, 0.5) is 0 Å². The second kappa shape index (κ2) is 9.30. The summed E-state index contributed by atoms with van der Waals surface area (Å²) >= 11 is 1.79. The van der Waals surface area contributed by atoms with E-state index in [1.54, 1.807) is 23.5 Å². The largest absolute Gasteiger partial charge is 0.309 e. The summed E-state index contributed by atoms with van der Waals surface area (Å²) in [5.41, 5.74) is 6.64. The van der Waals surface area contributed by atoms with Gasteiger partial charge in [-0.3, -0.25) is 0 Å². The minimum absolute atomic E-state index is 0.290. The highest BCUT2D eigenvalue weighted by Crippen LogP contribution is 2.47. The molecule has 0 aliphatic heterocycles. The third-order valence-electron chi connectivity index (χ3n) is 8.79. The topological polar surface area (TPSA) is 81.2 Å². The summed E-state index contributed by atoms with van der Waals surface area (Å²) in [6.45, 7) is 0.